The van der Waals surface area contributed by atoms with Gasteiger partial charge in [0.25, 0.3) is 0 Å². The number of aromatic nitrogens is 3. The quantitative estimate of drug-likeness (QED) is 0.238. The lowest BCUT2D eigenvalue weighted by molar-refractivity contribution is 0.198. The van der Waals surface area contributed by atoms with Gasteiger partial charge in [0.15, 0.2) is 11.7 Å². The van der Waals surface area contributed by atoms with E-state index in [0.29, 0.717) is 17.6 Å². The normalized spacial score (nSPS) is 15.4. The Kier molecular flexibility index (Phi) is 9.10. The number of aliphatic imine (C=N–C) groups is 1. The minimum Gasteiger partial charge on any atom is -0.461 e. The zero-order valence-corrected chi connectivity index (χ0v) is 21.0. The van der Waals surface area contributed by atoms with Crippen LogP contribution in [0.4, 0.5) is 0 Å². The minimum absolute atomic E-state index is 0. The third-order valence-corrected chi connectivity index (χ3v) is 5.73. The van der Waals surface area contributed by atoms with Gasteiger partial charge in [0.1, 0.15) is 5.82 Å². The number of nitrogens with zero attached hydrogens (tertiary/aromatic N) is 4. The highest BCUT2D eigenvalue weighted by Gasteiger charge is 2.20. The van der Waals surface area contributed by atoms with E-state index in [1.165, 1.54) is 11.1 Å². The van der Waals surface area contributed by atoms with Crippen LogP contribution in [0.15, 0.2) is 52.1 Å². The van der Waals surface area contributed by atoms with Crippen molar-refractivity contribution in [2.75, 3.05) is 26.7 Å². The highest BCUT2D eigenvalue weighted by Crippen LogP contribution is 2.16. The molecule has 172 valence electrons. The summed E-state index contributed by atoms with van der Waals surface area (Å²) in [5.74, 6) is 2.91. The van der Waals surface area contributed by atoms with Crippen molar-refractivity contribution in [1.29, 1.82) is 0 Å². The van der Waals surface area contributed by atoms with E-state index in [2.05, 4.69) is 66.9 Å². The number of aryl methyl sites for hydroxylation is 1. The first-order valence-electron chi connectivity index (χ1n) is 10.9. The molecule has 0 spiro atoms. The Morgan fingerprint density at radius 1 is 1.22 bits per heavy atom. The molecule has 9 heteroatoms. The van der Waals surface area contributed by atoms with Crippen LogP contribution in [0.25, 0.3) is 11.6 Å². The number of nitrogens with one attached hydrogen (secondary N) is 3. The zero-order chi connectivity index (χ0) is 21.5. The number of guanidine groups is 1. The largest absolute Gasteiger partial charge is 0.461 e. The van der Waals surface area contributed by atoms with Crippen LogP contribution in [-0.2, 0) is 13.0 Å². The second-order valence-corrected chi connectivity index (χ2v) is 7.95. The highest BCUT2D eigenvalue weighted by atomic mass is 127. The Hall–Kier alpha value is -2.40. The van der Waals surface area contributed by atoms with Crippen molar-refractivity contribution in [2.24, 2.45) is 4.99 Å². The van der Waals surface area contributed by atoms with E-state index in [1.54, 1.807) is 6.26 Å². The Bertz CT molecular complexity index is 978. The van der Waals surface area contributed by atoms with Crippen molar-refractivity contribution in [2.45, 2.75) is 38.8 Å². The fourth-order valence-corrected chi connectivity index (χ4v) is 3.87. The van der Waals surface area contributed by atoms with E-state index >= 15 is 0 Å². The average molecular weight is 549 g/mol. The molecule has 2 aromatic heterocycles. The van der Waals surface area contributed by atoms with E-state index < -0.39 is 0 Å². The summed E-state index contributed by atoms with van der Waals surface area (Å²) in [6, 6.07) is 12.8. The van der Waals surface area contributed by atoms with E-state index in [1.807, 2.05) is 19.2 Å². The lowest BCUT2D eigenvalue weighted by Gasteiger charge is -2.33. The van der Waals surface area contributed by atoms with E-state index in [9.17, 15) is 0 Å². The Morgan fingerprint density at radius 2 is 2.03 bits per heavy atom. The van der Waals surface area contributed by atoms with Crippen LogP contribution in [0.1, 0.15) is 29.8 Å². The van der Waals surface area contributed by atoms with Crippen LogP contribution in [0.5, 0.6) is 0 Å². The van der Waals surface area contributed by atoms with E-state index in [-0.39, 0.29) is 24.0 Å². The van der Waals surface area contributed by atoms with Gasteiger partial charge in [-0.1, -0.05) is 24.3 Å². The number of hydrogen-bond donors (Lipinski definition) is 3. The second-order valence-electron chi connectivity index (χ2n) is 7.95. The van der Waals surface area contributed by atoms with Crippen molar-refractivity contribution >= 4 is 29.9 Å². The molecule has 3 aromatic rings. The van der Waals surface area contributed by atoms with Crippen molar-refractivity contribution in [3.8, 4) is 11.6 Å². The molecular weight excluding hydrogens is 517 g/mol. The third kappa shape index (κ3) is 6.55. The van der Waals surface area contributed by atoms with Gasteiger partial charge in [0, 0.05) is 45.7 Å². The van der Waals surface area contributed by atoms with Crippen LogP contribution in [0.2, 0.25) is 0 Å². The maximum Gasteiger partial charge on any atom is 0.216 e. The number of hydrogen-bond acceptors (Lipinski definition) is 5. The zero-order valence-electron chi connectivity index (χ0n) is 18.7. The predicted molar refractivity (Wildman–Crippen MR) is 137 cm³/mol. The highest BCUT2D eigenvalue weighted by molar-refractivity contribution is 14.0. The van der Waals surface area contributed by atoms with Crippen molar-refractivity contribution < 1.29 is 4.42 Å². The molecule has 32 heavy (non-hydrogen) atoms. The van der Waals surface area contributed by atoms with Crippen LogP contribution in [0.3, 0.4) is 0 Å². The number of rotatable bonds is 7. The van der Waals surface area contributed by atoms with Crippen molar-refractivity contribution in [3.63, 3.8) is 0 Å². The molecule has 0 aliphatic carbocycles. The van der Waals surface area contributed by atoms with Gasteiger partial charge in [-0.15, -0.1) is 24.0 Å². The molecule has 0 amide bonds. The van der Waals surface area contributed by atoms with Crippen LogP contribution < -0.4 is 10.6 Å². The number of furan rings is 1. The summed E-state index contributed by atoms with van der Waals surface area (Å²) >= 11 is 0. The molecule has 4 rings (SSSR count). The fraction of sp³-hybridized carbons (Fsp3) is 0.435. The number of likely N-dealkylation sites (tertiary alicyclic amines) is 1. The lowest BCUT2D eigenvalue weighted by atomic mass is 10.0. The molecule has 0 bridgehead atoms. The lowest BCUT2D eigenvalue weighted by Crippen LogP contribution is -2.48. The van der Waals surface area contributed by atoms with Gasteiger partial charge in [-0.25, -0.2) is 4.98 Å². The molecule has 1 aliphatic rings. The summed E-state index contributed by atoms with van der Waals surface area (Å²) in [5, 5.41) is 14.1. The molecule has 1 fully saturated rings. The maximum atomic E-state index is 5.33. The van der Waals surface area contributed by atoms with Gasteiger partial charge in [-0.05, 0) is 43.0 Å². The Balaban J connectivity index is 0.00000289. The SMILES string of the molecule is CN=C(NCCc1nc(-c2ccco2)n[nH]1)NC1CCN(Cc2ccccc2C)CC1.I. The molecule has 0 saturated carbocycles. The minimum atomic E-state index is 0. The summed E-state index contributed by atoms with van der Waals surface area (Å²) in [5.41, 5.74) is 2.80. The number of H-pyrrole nitrogens is 1. The second kappa shape index (κ2) is 12.0. The number of piperidine rings is 1. The number of benzene rings is 1. The van der Waals surface area contributed by atoms with Crippen molar-refractivity contribution in [1.82, 2.24) is 30.7 Å². The first kappa shape index (κ1) is 24.2. The summed E-state index contributed by atoms with van der Waals surface area (Å²) < 4.78 is 5.33. The van der Waals surface area contributed by atoms with Crippen LogP contribution >= 0.6 is 24.0 Å². The molecule has 1 aliphatic heterocycles. The predicted octanol–water partition coefficient (Wildman–Crippen LogP) is 3.36. The molecule has 0 unspecified atom stereocenters. The molecule has 8 nitrogen and oxygen atoms in total. The summed E-state index contributed by atoms with van der Waals surface area (Å²) in [6.45, 7) is 6.13. The third-order valence-electron chi connectivity index (χ3n) is 5.73. The van der Waals surface area contributed by atoms with Gasteiger partial charge >= 0.3 is 0 Å². The Labute approximate surface area is 206 Å². The van der Waals surface area contributed by atoms with Crippen LogP contribution in [-0.4, -0.2) is 58.8 Å². The maximum absolute atomic E-state index is 5.33. The first-order valence-corrected chi connectivity index (χ1v) is 10.9. The molecule has 3 N–H and O–H groups in total. The standard InChI is InChI=1S/C23H31N7O.HI/c1-17-6-3-4-7-18(17)16-30-13-10-19(11-14-30)26-23(24-2)25-12-9-21-27-22(29-28-21)20-8-5-15-31-20;/h3-8,15,19H,9-14,16H2,1-2H3,(H2,24,25,26)(H,27,28,29);1H. The van der Waals surface area contributed by atoms with Gasteiger partial charge in [0.05, 0.1) is 6.26 Å². The molecular formula is C23H32IN7O. The monoisotopic (exact) mass is 549 g/mol. The van der Waals surface area contributed by atoms with Gasteiger partial charge < -0.3 is 15.1 Å². The summed E-state index contributed by atoms with van der Waals surface area (Å²) in [6.07, 6.45) is 4.57. The van der Waals surface area contributed by atoms with Crippen LogP contribution in [0, 0.1) is 6.92 Å². The molecule has 3 heterocycles. The average Bonchev–Trinajstić information content (AvgIpc) is 3.48. The van der Waals surface area contributed by atoms with E-state index in [0.717, 1.165) is 57.2 Å². The van der Waals surface area contributed by atoms with Gasteiger partial charge in [0.2, 0.25) is 5.82 Å². The van der Waals surface area contributed by atoms with Gasteiger partial charge in [-0.3, -0.25) is 15.0 Å². The van der Waals surface area contributed by atoms with Gasteiger partial charge in [-0.2, -0.15) is 5.10 Å². The summed E-state index contributed by atoms with van der Waals surface area (Å²) in [4.78, 5) is 11.4. The molecule has 0 radical (unpaired) electrons. The summed E-state index contributed by atoms with van der Waals surface area (Å²) in [7, 11) is 1.81. The van der Waals surface area contributed by atoms with Crippen molar-refractivity contribution in [3.05, 3.63) is 59.6 Å². The van der Waals surface area contributed by atoms with E-state index in [4.69, 9.17) is 4.42 Å². The number of halogens is 1. The smallest absolute Gasteiger partial charge is 0.216 e. The number of aromatic amines is 1. The first-order chi connectivity index (χ1) is 15.2. The fourth-order valence-electron chi connectivity index (χ4n) is 3.87. The molecule has 1 aromatic carbocycles. The topological polar surface area (TPSA) is 94.4 Å². The molecule has 0 atom stereocenters. The molecule has 1 saturated heterocycles. The Morgan fingerprint density at radius 3 is 2.75 bits per heavy atom.